The number of nitrogens with zero attached hydrogens (tertiary/aromatic N) is 3. The van der Waals surface area contributed by atoms with Gasteiger partial charge in [-0.3, -0.25) is 19.4 Å². The fourth-order valence-corrected chi connectivity index (χ4v) is 5.02. The number of aromatic nitrogens is 1. The first-order valence-electron chi connectivity index (χ1n) is 13.0. The molecule has 8 heteroatoms. The number of hydrogen-bond donors (Lipinski definition) is 1. The van der Waals surface area contributed by atoms with Gasteiger partial charge in [0, 0.05) is 49.9 Å². The first kappa shape index (κ1) is 25.8. The van der Waals surface area contributed by atoms with Gasteiger partial charge in [0.2, 0.25) is 11.7 Å². The smallest absolute Gasteiger partial charge is 0.254 e. The van der Waals surface area contributed by atoms with Gasteiger partial charge in [0.15, 0.2) is 0 Å². The Labute approximate surface area is 213 Å². The van der Waals surface area contributed by atoms with Crippen LogP contribution in [0.1, 0.15) is 64.9 Å². The predicted octanol–water partition coefficient (Wildman–Crippen LogP) is 3.17. The number of carbonyl (C=O) groups excluding carboxylic acids is 3. The van der Waals surface area contributed by atoms with Crippen molar-refractivity contribution in [2.45, 2.75) is 38.5 Å². The molecule has 0 aliphatic carbocycles. The second-order valence-electron chi connectivity index (χ2n) is 9.61. The molecule has 0 saturated carbocycles. The van der Waals surface area contributed by atoms with E-state index in [2.05, 4.69) is 10.3 Å². The first-order chi connectivity index (χ1) is 17.5. The fourth-order valence-electron chi connectivity index (χ4n) is 5.02. The highest BCUT2D eigenvalue weighted by molar-refractivity contribution is 6.09. The standard InChI is InChI=1S/C28H36N4O4/c1-36-24-19-22(27(34)25-6-2-3-11-30-25)18-23(20-24)28(35)32(17-10-21-8-12-29-13-9-21)16-5-15-31-14-4-7-26(31)33/h2-3,6,11,18-21,29H,4-5,7-10,12-17H2,1H3. The van der Waals surface area contributed by atoms with Gasteiger partial charge in [0.1, 0.15) is 11.4 Å². The van der Waals surface area contributed by atoms with Gasteiger partial charge in [0.25, 0.3) is 5.91 Å². The Kier molecular flexibility index (Phi) is 9.06. The predicted molar refractivity (Wildman–Crippen MR) is 137 cm³/mol. The van der Waals surface area contributed by atoms with Crippen LogP contribution in [0.15, 0.2) is 42.6 Å². The molecule has 3 heterocycles. The molecule has 1 N–H and O–H groups in total. The normalized spacial score (nSPS) is 16.2. The largest absolute Gasteiger partial charge is 0.497 e. The highest BCUT2D eigenvalue weighted by Gasteiger charge is 2.24. The maximum atomic E-state index is 13.7. The van der Waals surface area contributed by atoms with Crippen LogP contribution < -0.4 is 10.1 Å². The molecule has 1 aromatic heterocycles. The lowest BCUT2D eigenvalue weighted by Crippen LogP contribution is -2.37. The molecule has 4 rings (SSSR count). The van der Waals surface area contributed by atoms with E-state index in [1.54, 1.807) is 42.6 Å². The fraction of sp³-hybridized carbons (Fsp3) is 0.500. The van der Waals surface area contributed by atoms with Gasteiger partial charge in [0.05, 0.1) is 7.11 Å². The van der Waals surface area contributed by atoms with E-state index in [1.165, 1.54) is 7.11 Å². The number of carbonyl (C=O) groups is 3. The van der Waals surface area contributed by atoms with Gasteiger partial charge in [-0.1, -0.05) is 6.07 Å². The third kappa shape index (κ3) is 6.69. The molecular weight excluding hydrogens is 456 g/mol. The molecule has 192 valence electrons. The van der Waals surface area contributed by atoms with Crippen LogP contribution in [-0.2, 0) is 4.79 Å². The van der Waals surface area contributed by atoms with E-state index in [1.807, 2.05) is 9.80 Å². The number of hydrogen-bond acceptors (Lipinski definition) is 6. The average molecular weight is 493 g/mol. The summed E-state index contributed by atoms with van der Waals surface area (Å²) in [5.74, 6) is 0.880. The van der Waals surface area contributed by atoms with Crippen molar-refractivity contribution in [2.24, 2.45) is 5.92 Å². The van der Waals surface area contributed by atoms with Gasteiger partial charge < -0.3 is 19.9 Å². The monoisotopic (exact) mass is 492 g/mol. The number of piperidine rings is 1. The number of rotatable bonds is 11. The molecule has 36 heavy (non-hydrogen) atoms. The number of nitrogens with one attached hydrogen (secondary N) is 1. The second-order valence-corrected chi connectivity index (χ2v) is 9.61. The van der Waals surface area contributed by atoms with Gasteiger partial charge in [-0.15, -0.1) is 0 Å². The van der Waals surface area contributed by atoms with E-state index in [9.17, 15) is 14.4 Å². The summed E-state index contributed by atoms with van der Waals surface area (Å²) in [4.78, 5) is 46.7. The van der Waals surface area contributed by atoms with Crippen LogP contribution in [0.2, 0.25) is 0 Å². The van der Waals surface area contributed by atoms with E-state index in [-0.39, 0.29) is 17.6 Å². The summed E-state index contributed by atoms with van der Waals surface area (Å²) in [6.07, 6.45) is 7.02. The summed E-state index contributed by atoms with van der Waals surface area (Å²) in [5, 5.41) is 3.39. The van der Waals surface area contributed by atoms with Crippen LogP contribution in [-0.4, -0.2) is 78.8 Å². The molecule has 1 aromatic carbocycles. The lowest BCUT2D eigenvalue weighted by molar-refractivity contribution is -0.127. The SMILES string of the molecule is COc1cc(C(=O)c2ccccn2)cc(C(=O)N(CCCN2CCCC2=O)CCC2CCNCC2)c1. The van der Waals surface area contributed by atoms with Crippen molar-refractivity contribution in [2.75, 3.05) is 46.4 Å². The van der Waals surface area contributed by atoms with Crippen molar-refractivity contribution in [1.82, 2.24) is 20.1 Å². The van der Waals surface area contributed by atoms with Crippen molar-refractivity contribution >= 4 is 17.6 Å². The molecule has 8 nitrogen and oxygen atoms in total. The summed E-state index contributed by atoms with van der Waals surface area (Å²) in [6, 6.07) is 10.2. The van der Waals surface area contributed by atoms with Crippen molar-refractivity contribution in [3.63, 3.8) is 0 Å². The summed E-state index contributed by atoms with van der Waals surface area (Å²) in [5.41, 5.74) is 1.12. The zero-order valence-electron chi connectivity index (χ0n) is 21.1. The summed E-state index contributed by atoms with van der Waals surface area (Å²) in [6.45, 7) is 4.72. The number of ether oxygens (including phenoxy) is 1. The van der Waals surface area contributed by atoms with E-state index >= 15 is 0 Å². The minimum atomic E-state index is -0.252. The number of methoxy groups -OCH3 is 1. The van der Waals surface area contributed by atoms with E-state index in [0.29, 0.717) is 54.5 Å². The van der Waals surface area contributed by atoms with Crippen LogP contribution in [0.25, 0.3) is 0 Å². The van der Waals surface area contributed by atoms with Crippen LogP contribution in [0.5, 0.6) is 5.75 Å². The quantitative estimate of drug-likeness (QED) is 0.485. The Hall–Kier alpha value is -3.26. The molecule has 0 atom stereocenters. The third-order valence-electron chi connectivity index (χ3n) is 7.13. The van der Waals surface area contributed by atoms with Crippen LogP contribution in [0, 0.1) is 5.92 Å². The molecule has 2 aliphatic rings. The highest BCUT2D eigenvalue weighted by Crippen LogP contribution is 2.22. The van der Waals surface area contributed by atoms with Gasteiger partial charge in [-0.25, -0.2) is 0 Å². The average Bonchev–Trinajstić information content (AvgIpc) is 3.34. The number of benzene rings is 1. The van der Waals surface area contributed by atoms with Gasteiger partial charge in [-0.2, -0.15) is 0 Å². The molecular formula is C28H36N4O4. The van der Waals surface area contributed by atoms with E-state index in [0.717, 1.165) is 51.7 Å². The Morgan fingerprint density at radius 3 is 2.64 bits per heavy atom. The maximum Gasteiger partial charge on any atom is 0.254 e. The molecule has 0 radical (unpaired) electrons. The minimum absolute atomic E-state index is 0.120. The molecule has 2 fully saturated rings. The Balaban J connectivity index is 1.51. The van der Waals surface area contributed by atoms with E-state index < -0.39 is 0 Å². The highest BCUT2D eigenvalue weighted by atomic mass is 16.5. The summed E-state index contributed by atoms with van der Waals surface area (Å²) < 4.78 is 5.43. The lowest BCUT2D eigenvalue weighted by Gasteiger charge is -2.28. The summed E-state index contributed by atoms with van der Waals surface area (Å²) >= 11 is 0. The number of pyridine rings is 1. The third-order valence-corrected chi connectivity index (χ3v) is 7.13. The molecule has 0 bridgehead atoms. The van der Waals surface area contributed by atoms with Crippen molar-refractivity contribution in [3.05, 3.63) is 59.4 Å². The number of amides is 2. The van der Waals surface area contributed by atoms with Gasteiger partial charge >= 0.3 is 0 Å². The molecule has 2 aromatic rings. The van der Waals surface area contributed by atoms with Crippen LogP contribution in [0.4, 0.5) is 0 Å². The second kappa shape index (κ2) is 12.6. The number of ketones is 1. The zero-order chi connectivity index (χ0) is 25.3. The Morgan fingerprint density at radius 1 is 1.14 bits per heavy atom. The van der Waals surface area contributed by atoms with E-state index in [4.69, 9.17) is 4.74 Å². The number of likely N-dealkylation sites (tertiary alicyclic amines) is 1. The van der Waals surface area contributed by atoms with Crippen molar-refractivity contribution in [1.29, 1.82) is 0 Å². The molecule has 0 spiro atoms. The molecule has 0 unspecified atom stereocenters. The topological polar surface area (TPSA) is 91.8 Å². The first-order valence-corrected chi connectivity index (χ1v) is 13.0. The van der Waals surface area contributed by atoms with Crippen molar-refractivity contribution in [3.8, 4) is 5.75 Å². The van der Waals surface area contributed by atoms with Crippen LogP contribution >= 0.6 is 0 Å². The Morgan fingerprint density at radius 2 is 1.94 bits per heavy atom. The molecule has 2 amide bonds. The minimum Gasteiger partial charge on any atom is -0.497 e. The van der Waals surface area contributed by atoms with Crippen LogP contribution in [0.3, 0.4) is 0 Å². The van der Waals surface area contributed by atoms with Gasteiger partial charge in [-0.05, 0) is 81.4 Å². The Bertz CT molecular complexity index is 1050. The van der Waals surface area contributed by atoms with Crippen molar-refractivity contribution < 1.29 is 19.1 Å². The zero-order valence-corrected chi connectivity index (χ0v) is 21.1. The molecule has 2 saturated heterocycles. The molecule has 2 aliphatic heterocycles. The lowest BCUT2D eigenvalue weighted by atomic mass is 9.94. The maximum absolute atomic E-state index is 13.7. The summed E-state index contributed by atoms with van der Waals surface area (Å²) in [7, 11) is 1.53.